The molecule has 2 N–H and O–H groups in total. The summed E-state index contributed by atoms with van der Waals surface area (Å²) in [6, 6.07) is 8.20. The first-order chi connectivity index (χ1) is 7.66. The van der Waals surface area contributed by atoms with Gasteiger partial charge in [0.2, 0.25) is 0 Å². The van der Waals surface area contributed by atoms with Gasteiger partial charge >= 0.3 is 0 Å². The molecule has 0 fully saturated rings. The van der Waals surface area contributed by atoms with Crippen LogP contribution in [0.25, 0.3) is 0 Å². The molecule has 0 saturated heterocycles. The van der Waals surface area contributed by atoms with Crippen molar-refractivity contribution < 1.29 is 0 Å². The van der Waals surface area contributed by atoms with Gasteiger partial charge in [-0.05, 0) is 34.0 Å². The van der Waals surface area contributed by atoms with Gasteiger partial charge in [-0.3, -0.25) is 0 Å². The zero-order valence-corrected chi connectivity index (χ0v) is 10.5. The van der Waals surface area contributed by atoms with Gasteiger partial charge in [0.25, 0.3) is 0 Å². The predicted molar refractivity (Wildman–Crippen MR) is 68.1 cm³/mol. The molecule has 1 aromatic carbocycles. The van der Waals surface area contributed by atoms with Crippen LogP contribution in [0.1, 0.15) is 17.0 Å². The molecule has 0 aliphatic carbocycles. The third-order valence-electron chi connectivity index (χ3n) is 2.43. The molecule has 0 amide bonds. The van der Waals surface area contributed by atoms with Gasteiger partial charge < -0.3 is 5.73 Å². The zero-order valence-electron chi connectivity index (χ0n) is 8.94. The zero-order chi connectivity index (χ0) is 11.5. The number of hydrogen-bond acceptors (Lipinski definition) is 3. The molecular weight excluding hydrogens is 266 g/mol. The van der Waals surface area contributed by atoms with Crippen LogP contribution in [0.3, 0.4) is 0 Å². The Bertz CT molecular complexity index is 511. The molecule has 0 spiro atoms. The highest BCUT2D eigenvalue weighted by Gasteiger charge is 2.04. The molecule has 2 rings (SSSR count). The second-order valence-electron chi connectivity index (χ2n) is 3.62. The Morgan fingerprint density at radius 2 is 2.06 bits per heavy atom. The highest BCUT2D eigenvalue weighted by Crippen LogP contribution is 2.17. The van der Waals surface area contributed by atoms with Gasteiger partial charge in [-0.2, -0.15) is 0 Å². The summed E-state index contributed by atoms with van der Waals surface area (Å²) >= 11 is 3.28. The van der Waals surface area contributed by atoms with Gasteiger partial charge in [0, 0.05) is 12.6 Å². The predicted octanol–water partition coefficient (Wildman–Crippen LogP) is 2.72. The van der Waals surface area contributed by atoms with Crippen molar-refractivity contribution in [3.63, 3.8) is 0 Å². The second kappa shape index (κ2) is 4.61. The molecule has 0 aliphatic heterocycles. The maximum atomic E-state index is 5.71. The van der Waals surface area contributed by atoms with Crippen molar-refractivity contribution in [1.29, 1.82) is 0 Å². The van der Waals surface area contributed by atoms with Crippen LogP contribution in [0, 0.1) is 6.92 Å². The van der Waals surface area contributed by atoms with Gasteiger partial charge in [-0.1, -0.05) is 24.3 Å². The van der Waals surface area contributed by atoms with E-state index in [1.807, 2.05) is 12.1 Å². The van der Waals surface area contributed by atoms with E-state index in [-0.39, 0.29) is 0 Å². The summed E-state index contributed by atoms with van der Waals surface area (Å²) in [5.41, 5.74) is 8.18. The van der Waals surface area contributed by atoms with Crippen LogP contribution < -0.4 is 5.73 Å². The third kappa shape index (κ3) is 2.39. The number of rotatable bonds is 2. The van der Waals surface area contributed by atoms with Gasteiger partial charge in [-0.25, -0.2) is 9.97 Å². The van der Waals surface area contributed by atoms with Crippen molar-refractivity contribution in [3.05, 3.63) is 51.9 Å². The number of nitrogens with zero attached hydrogens (tertiary/aromatic N) is 2. The maximum Gasteiger partial charge on any atom is 0.141 e. The molecular formula is C12H12BrN3. The maximum absolute atomic E-state index is 5.71. The van der Waals surface area contributed by atoms with Gasteiger partial charge in [0.15, 0.2) is 0 Å². The Kier molecular flexibility index (Phi) is 3.19. The normalized spacial score (nSPS) is 10.4. The fourth-order valence-electron chi connectivity index (χ4n) is 1.48. The largest absolute Gasteiger partial charge is 0.383 e. The molecule has 1 heterocycles. The summed E-state index contributed by atoms with van der Waals surface area (Å²) in [6.45, 7) is 2.08. The summed E-state index contributed by atoms with van der Waals surface area (Å²) in [6.07, 6.45) is 2.40. The average molecular weight is 278 g/mol. The van der Waals surface area contributed by atoms with Crippen LogP contribution in [-0.4, -0.2) is 9.97 Å². The number of nitrogens with two attached hydrogens (primary N) is 1. The van der Waals surface area contributed by atoms with Crippen molar-refractivity contribution >= 4 is 21.7 Å². The average Bonchev–Trinajstić information content (AvgIpc) is 2.27. The van der Waals surface area contributed by atoms with Crippen molar-refractivity contribution in [1.82, 2.24) is 9.97 Å². The molecule has 16 heavy (non-hydrogen) atoms. The van der Waals surface area contributed by atoms with E-state index in [0.29, 0.717) is 12.2 Å². The van der Waals surface area contributed by atoms with Gasteiger partial charge in [-0.15, -0.1) is 0 Å². The molecule has 0 atom stereocenters. The number of benzene rings is 1. The summed E-state index contributed by atoms with van der Waals surface area (Å²) in [5, 5.41) is 0. The highest BCUT2D eigenvalue weighted by atomic mass is 79.9. The first-order valence-corrected chi connectivity index (χ1v) is 5.77. The molecule has 2 aromatic rings. The summed E-state index contributed by atoms with van der Waals surface area (Å²) in [4.78, 5) is 8.47. The Labute approximate surface area is 103 Å². The first-order valence-electron chi connectivity index (χ1n) is 4.98. The van der Waals surface area contributed by atoms with Crippen LogP contribution in [0.4, 0.5) is 5.82 Å². The molecule has 0 aliphatic rings. The lowest BCUT2D eigenvalue weighted by atomic mass is 10.1. The van der Waals surface area contributed by atoms with Gasteiger partial charge in [0.05, 0.1) is 4.47 Å². The van der Waals surface area contributed by atoms with Crippen molar-refractivity contribution in [2.75, 3.05) is 5.73 Å². The minimum atomic E-state index is 0.485. The Balaban J connectivity index is 2.28. The van der Waals surface area contributed by atoms with Gasteiger partial charge in [0.1, 0.15) is 11.6 Å². The van der Waals surface area contributed by atoms with Crippen LogP contribution in [0.15, 0.2) is 34.9 Å². The van der Waals surface area contributed by atoms with E-state index in [1.165, 1.54) is 11.1 Å². The summed E-state index contributed by atoms with van der Waals surface area (Å²) in [5.74, 6) is 1.23. The fourth-order valence-corrected chi connectivity index (χ4v) is 1.67. The number of nitrogen functional groups attached to an aromatic ring is 1. The van der Waals surface area contributed by atoms with E-state index in [4.69, 9.17) is 5.73 Å². The standard InChI is InChI=1S/C12H12BrN3/c1-8-4-2-3-5-9(8)6-11-15-7-10(13)12(14)16-11/h2-5,7H,6H2,1H3,(H2,14,15,16). The molecule has 3 nitrogen and oxygen atoms in total. The van der Waals surface area contributed by atoms with E-state index in [1.54, 1.807) is 6.20 Å². The second-order valence-corrected chi connectivity index (χ2v) is 4.48. The lowest BCUT2D eigenvalue weighted by molar-refractivity contribution is 0.961. The highest BCUT2D eigenvalue weighted by molar-refractivity contribution is 9.10. The SMILES string of the molecule is Cc1ccccc1Cc1ncc(Br)c(N)n1. The quantitative estimate of drug-likeness (QED) is 0.918. The van der Waals surface area contributed by atoms with Crippen LogP contribution >= 0.6 is 15.9 Å². The molecule has 0 radical (unpaired) electrons. The number of aromatic nitrogens is 2. The summed E-state index contributed by atoms with van der Waals surface area (Å²) in [7, 11) is 0. The van der Waals surface area contributed by atoms with E-state index < -0.39 is 0 Å². The first kappa shape index (κ1) is 11.1. The molecule has 0 saturated carbocycles. The number of halogens is 1. The lowest BCUT2D eigenvalue weighted by Gasteiger charge is -2.05. The number of aryl methyl sites for hydroxylation is 1. The third-order valence-corrected chi connectivity index (χ3v) is 3.04. The monoisotopic (exact) mass is 277 g/mol. The number of hydrogen-bond donors (Lipinski definition) is 1. The van der Waals surface area contributed by atoms with Crippen molar-refractivity contribution in [3.8, 4) is 0 Å². The molecule has 4 heteroatoms. The van der Waals surface area contributed by atoms with Crippen molar-refractivity contribution in [2.24, 2.45) is 0 Å². The van der Waals surface area contributed by atoms with Crippen LogP contribution in [0.5, 0.6) is 0 Å². The van der Waals surface area contributed by atoms with Crippen LogP contribution in [-0.2, 0) is 6.42 Å². The van der Waals surface area contributed by atoms with E-state index in [9.17, 15) is 0 Å². The Hall–Kier alpha value is -1.42. The Morgan fingerprint density at radius 3 is 2.75 bits per heavy atom. The molecule has 0 bridgehead atoms. The Morgan fingerprint density at radius 1 is 1.31 bits per heavy atom. The minimum Gasteiger partial charge on any atom is -0.383 e. The summed E-state index contributed by atoms with van der Waals surface area (Å²) < 4.78 is 0.737. The molecule has 0 unspecified atom stereocenters. The smallest absolute Gasteiger partial charge is 0.141 e. The van der Waals surface area contributed by atoms with Crippen molar-refractivity contribution in [2.45, 2.75) is 13.3 Å². The van der Waals surface area contributed by atoms with Crippen LogP contribution in [0.2, 0.25) is 0 Å². The fraction of sp³-hybridized carbons (Fsp3) is 0.167. The van der Waals surface area contributed by atoms with E-state index >= 15 is 0 Å². The number of anilines is 1. The van der Waals surface area contributed by atoms with E-state index in [0.717, 1.165) is 10.3 Å². The topological polar surface area (TPSA) is 51.8 Å². The van der Waals surface area contributed by atoms with E-state index in [2.05, 4.69) is 45.0 Å². The molecule has 1 aromatic heterocycles. The molecule has 82 valence electrons. The lowest BCUT2D eigenvalue weighted by Crippen LogP contribution is -2.01. The minimum absolute atomic E-state index is 0.485.